The number of nitrogens with one attached hydrogen (secondary N) is 1. The van der Waals surface area contributed by atoms with Gasteiger partial charge in [-0.05, 0) is 30.7 Å². The maximum Gasteiger partial charge on any atom is 0.0526 e. The van der Waals surface area contributed by atoms with Crippen LogP contribution in [0.3, 0.4) is 0 Å². The fraction of sp³-hybridized carbons (Fsp3) is 0.0769. The lowest BCUT2D eigenvalue weighted by atomic mass is 10.2. The summed E-state index contributed by atoms with van der Waals surface area (Å²) in [6, 6.07) is 8.41. The van der Waals surface area contributed by atoms with Crippen LogP contribution in [0, 0.1) is 0 Å². The van der Waals surface area contributed by atoms with Crippen LogP contribution in [0.2, 0.25) is 0 Å². The summed E-state index contributed by atoms with van der Waals surface area (Å²) in [5, 5.41) is 3.46. The molecular weight excluding hydrogens is 202 g/mol. The summed E-state index contributed by atoms with van der Waals surface area (Å²) in [4.78, 5) is 2.61. The molecule has 0 spiro atoms. The van der Waals surface area contributed by atoms with Crippen molar-refractivity contribution in [2.75, 3.05) is 5.32 Å². The molecule has 74 valence electrons. The van der Waals surface area contributed by atoms with Crippen LogP contribution >= 0.6 is 11.8 Å². The minimum Gasteiger partial charge on any atom is -0.354 e. The van der Waals surface area contributed by atoms with Crippen molar-refractivity contribution >= 4 is 17.4 Å². The molecule has 0 atom stereocenters. The van der Waals surface area contributed by atoms with E-state index in [1.165, 1.54) is 21.2 Å². The molecule has 0 amide bonds. The van der Waals surface area contributed by atoms with E-state index in [0.717, 1.165) is 6.42 Å². The first-order valence-electron chi connectivity index (χ1n) is 5.05. The van der Waals surface area contributed by atoms with Gasteiger partial charge in [0.15, 0.2) is 0 Å². The SMILES string of the molecule is C1=CC2=C(C=CC1)Sc1ccccc1N2. The van der Waals surface area contributed by atoms with Crippen molar-refractivity contribution < 1.29 is 0 Å². The van der Waals surface area contributed by atoms with Crippen molar-refractivity contribution in [3.8, 4) is 0 Å². The Kier molecular flexibility index (Phi) is 2.14. The smallest absolute Gasteiger partial charge is 0.0526 e. The first-order chi connectivity index (χ1) is 7.43. The fourth-order valence-electron chi connectivity index (χ4n) is 1.73. The minimum atomic E-state index is 1.02. The Hall–Kier alpha value is -1.41. The van der Waals surface area contributed by atoms with E-state index in [0.29, 0.717) is 0 Å². The average molecular weight is 213 g/mol. The van der Waals surface area contributed by atoms with Crippen LogP contribution in [0.25, 0.3) is 0 Å². The van der Waals surface area contributed by atoms with E-state index in [1.807, 2.05) is 11.8 Å². The van der Waals surface area contributed by atoms with Crippen molar-refractivity contribution in [3.05, 3.63) is 59.2 Å². The Labute approximate surface area is 93.6 Å². The highest BCUT2D eigenvalue weighted by Gasteiger charge is 2.14. The summed E-state index contributed by atoms with van der Waals surface area (Å²) in [5.74, 6) is 0. The van der Waals surface area contributed by atoms with Crippen molar-refractivity contribution in [1.82, 2.24) is 0 Å². The maximum atomic E-state index is 3.46. The zero-order valence-corrected chi connectivity index (χ0v) is 9.05. The molecule has 2 heteroatoms. The summed E-state index contributed by atoms with van der Waals surface area (Å²) >= 11 is 1.83. The number of anilines is 1. The Morgan fingerprint density at radius 3 is 2.93 bits per heavy atom. The number of rotatable bonds is 0. The highest BCUT2D eigenvalue weighted by molar-refractivity contribution is 8.03. The van der Waals surface area contributed by atoms with Crippen LogP contribution in [0.4, 0.5) is 5.69 Å². The molecule has 1 nitrogen and oxygen atoms in total. The zero-order valence-electron chi connectivity index (χ0n) is 8.23. The highest BCUT2D eigenvalue weighted by atomic mass is 32.2. The van der Waals surface area contributed by atoms with Gasteiger partial charge in [0, 0.05) is 9.80 Å². The lowest BCUT2D eigenvalue weighted by Gasteiger charge is -2.20. The molecule has 1 heterocycles. The average Bonchev–Trinajstić information content (AvgIpc) is 2.50. The molecule has 1 aromatic rings. The van der Waals surface area contributed by atoms with Gasteiger partial charge in [-0.3, -0.25) is 0 Å². The predicted molar refractivity (Wildman–Crippen MR) is 65.8 cm³/mol. The number of hydrogen-bond donors (Lipinski definition) is 1. The molecule has 1 aliphatic carbocycles. The second kappa shape index (κ2) is 3.63. The molecule has 0 aromatic heterocycles. The Bertz CT molecular complexity index is 440. The van der Waals surface area contributed by atoms with Crippen LogP contribution in [-0.2, 0) is 0 Å². The van der Waals surface area contributed by atoms with E-state index in [1.54, 1.807) is 0 Å². The molecule has 0 saturated heterocycles. The van der Waals surface area contributed by atoms with E-state index >= 15 is 0 Å². The molecule has 0 unspecified atom stereocenters. The molecule has 0 saturated carbocycles. The van der Waals surface area contributed by atoms with Gasteiger partial charge in [0.05, 0.1) is 11.4 Å². The van der Waals surface area contributed by atoms with Gasteiger partial charge >= 0.3 is 0 Å². The second-order valence-electron chi connectivity index (χ2n) is 3.54. The quantitative estimate of drug-likeness (QED) is 0.700. The van der Waals surface area contributed by atoms with Crippen LogP contribution in [0.1, 0.15) is 6.42 Å². The van der Waals surface area contributed by atoms with Crippen molar-refractivity contribution in [2.24, 2.45) is 0 Å². The van der Waals surface area contributed by atoms with Gasteiger partial charge < -0.3 is 5.32 Å². The minimum absolute atomic E-state index is 1.02. The van der Waals surface area contributed by atoms with Crippen molar-refractivity contribution in [2.45, 2.75) is 11.3 Å². The summed E-state index contributed by atoms with van der Waals surface area (Å²) in [7, 11) is 0. The third kappa shape index (κ3) is 1.61. The Morgan fingerprint density at radius 2 is 1.93 bits per heavy atom. The van der Waals surface area contributed by atoms with Crippen LogP contribution in [-0.4, -0.2) is 0 Å². The standard InChI is InChI=1S/C13H11NS/c1-2-6-10-12(8-3-1)15-13-9-5-4-7-11(13)14-10/h2-9,14H,1H2. The summed E-state index contributed by atoms with van der Waals surface area (Å²) < 4.78 is 0. The zero-order chi connectivity index (χ0) is 10.1. The van der Waals surface area contributed by atoms with Crippen LogP contribution < -0.4 is 5.32 Å². The van der Waals surface area contributed by atoms with Gasteiger partial charge in [-0.25, -0.2) is 0 Å². The van der Waals surface area contributed by atoms with Gasteiger partial charge in [0.1, 0.15) is 0 Å². The number of hydrogen-bond acceptors (Lipinski definition) is 2. The van der Waals surface area contributed by atoms with Gasteiger partial charge in [-0.1, -0.05) is 36.0 Å². The number of allylic oxidation sites excluding steroid dienone is 4. The molecule has 1 N–H and O–H groups in total. The van der Waals surface area contributed by atoms with Crippen LogP contribution in [0.15, 0.2) is 64.1 Å². The number of para-hydroxylation sites is 1. The molecule has 2 aliphatic rings. The molecule has 1 aromatic carbocycles. The van der Waals surface area contributed by atoms with Crippen molar-refractivity contribution in [3.63, 3.8) is 0 Å². The third-order valence-corrected chi connectivity index (χ3v) is 3.62. The lowest BCUT2D eigenvalue weighted by molar-refractivity contribution is 1.34. The first kappa shape index (κ1) is 8.86. The number of thioether (sulfide) groups is 1. The monoisotopic (exact) mass is 213 g/mol. The van der Waals surface area contributed by atoms with E-state index in [-0.39, 0.29) is 0 Å². The molecule has 0 bridgehead atoms. The summed E-state index contributed by atoms with van der Waals surface area (Å²) in [6.07, 6.45) is 9.76. The molecule has 1 aliphatic heterocycles. The molecule has 0 fully saturated rings. The third-order valence-electron chi connectivity index (χ3n) is 2.47. The molecule has 15 heavy (non-hydrogen) atoms. The van der Waals surface area contributed by atoms with Crippen molar-refractivity contribution in [1.29, 1.82) is 0 Å². The summed E-state index contributed by atoms with van der Waals surface area (Å²) in [5.41, 5.74) is 2.42. The molecular formula is C13H11NS. The summed E-state index contributed by atoms with van der Waals surface area (Å²) in [6.45, 7) is 0. The predicted octanol–water partition coefficient (Wildman–Crippen LogP) is 3.93. The Morgan fingerprint density at radius 1 is 1.07 bits per heavy atom. The van der Waals surface area contributed by atoms with E-state index in [2.05, 4.69) is 53.9 Å². The number of benzene rings is 1. The van der Waals surface area contributed by atoms with Gasteiger partial charge in [0.25, 0.3) is 0 Å². The largest absolute Gasteiger partial charge is 0.354 e. The fourth-order valence-corrected chi connectivity index (χ4v) is 2.73. The molecule has 3 rings (SSSR count). The Balaban J connectivity index is 2.06. The van der Waals surface area contributed by atoms with E-state index in [9.17, 15) is 0 Å². The van der Waals surface area contributed by atoms with E-state index in [4.69, 9.17) is 0 Å². The molecule has 0 radical (unpaired) electrons. The van der Waals surface area contributed by atoms with Gasteiger partial charge in [-0.15, -0.1) is 0 Å². The maximum absolute atomic E-state index is 3.46. The van der Waals surface area contributed by atoms with Crippen LogP contribution in [0.5, 0.6) is 0 Å². The van der Waals surface area contributed by atoms with Gasteiger partial charge in [0.2, 0.25) is 0 Å². The first-order valence-corrected chi connectivity index (χ1v) is 5.86. The lowest BCUT2D eigenvalue weighted by Crippen LogP contribution is -2.04. The van der Waals surface area contributed by atoms with E-state index < -0.39 is 0 Å². The van der Waals surface area contributed by atoms with Gasteiger partial charge in [-0.2, -0.15) is 0 Å². The topological polar surface area (TPSA) is 12.0 Å². The number of fused-ring (bicyclic) bond motifs is 1. The second-order valence-corrected chi connectivity index (χ2v) is 4.63. The highest BCUT2D eigenvalue weighted by Crippen LogP contribution is 2.40. The normalized spacial score (nSPS) is 17.9.